The third-order valence-corrected chi connectivity index (χ3v) is 3.32. The Morgan fingerprint density at radius 3 is 2.33 bits per heavy atom. The van der Waals surface area contributed by atoms with Gasteiger partial charge < -0.3 is 10.6 Å². The van der Waals surface area contributed by atoms with Crippen LogP contribution in [0.4, 0.5) is 5.69 Å². The normalized spacial score (nSPS) is 11.5. The Balaban J connectivity index is 1.94. The van der Waals surface area contributed by atoms with Gasteiger partial charge in [-0.05, 0) is 68.0 Å². The molecule has 1 aromatic heterocycles. The Morgan fingerprint density at radius 1 is 1.14 bits per heavy atom. The number of hydrogen-bond acceptors (Lipinski definition) is 3. The number of carbonyl (C=O) groups excluding carboxylic acids is 1. The summed E-state index contributed by atoms with van der Waals surface area (Å²) in [7, 11) is 0. The second-order valence-electron chi connectivity index (χ2n) is 4.73. The fourth-order valence-electron chi connectivity index (χ4n) is 1.89. The minimum absolute atomic E-state index is 0.0496. The number of Topliss-reactive ketones (excluding diaryl/α,β-unsaturated/α-hetero) is 1. The molecule has 21 heavy (non-hydrogen) atoms. The Bertz CT molecular complexity index is 626. The lowest BCUT2D eigenvalue weighted by atomic mass is 10.1. The van der Waals surface area contributed by atoms with E-state index in [0.29, 0.717) is 10.7 Å². The average Bonchev–Trinajstić information content (AvgIpc) is 2.48. The number of pyridine rings is 1. The SMILES string of the molecule is CC(=O)c1ccc(NC(=S)NC(C)c2ccncc2)cc1. The molecule has 0 spiro atoms. The van der Waals surface area contributed by atoms with Gasteiger partial charge in [0, 0.05) is 23.6 Å². The standard InChI is InChI=1S/C16H17N3OS/c1-11(13-7-9-17-10-8-13)18-16(21)19-15-5-3-14(4-6-15)12(2)20/h3-11H,1-2H3,(H2,18,19,21). The van der Waals surface area contributed by atoms with Gasteiger partial charge in [-0.2, -0.15) is 0 Å². The highest BCUT2D eigenvalue weighted by atomic mass is 32.1. The summed E-state index contributed by atoms with van der Waals surface area (Å²) >= 11 is 5.29. The van der Waals surface area contributed by atoms with Crippen molar-refractivity contribution in [2.75, 3.05) is 5.32 Å². The quantitative estimate of drug-likeness (QED) is 0.670. The third kappa shape index (κ3) is 4.36. The van der Waals surface area contributed by atoms with Crippen molar-refractivity contribution in [2.24, 2.45) is 0 Å². The van der Waals surface area contributed by atoms with Gasteiger partial charge in [-0.1, -0.05) is 0 Å². The van der Waals surface area contributed by atoms with Crippen molar-refractivity contribution in [1.29, 1.82) is 0 Å². The van der Waals surface area contributed by atoms with Crippen LogP contribution in [0.5, 0.6) is 0 Å². The number of hydrogen-bond donors (Lipinski definition) is 2. The first-order valence-electron chi connectivity index (χ1n) is 6.64. The summed E-state index contributed by atoms with van der Waals surface area (Å²) in [6, 6.07) is 11.2. The molecule has 2 aromatic rings. The summed E-state index contributed by atoms with van der Waals surface area (Å²) < 4.78 is 0. The summed E-state index contributed by atoms with van der Waals surface area (Å²) in [6.45, 7) is 3.58. The van der Waals surface area contributed by atoms with E-state index in [-0.39, 0.29) is 11.8 Å². The highest BCUT2D eigenvalue weighted by Crippen LogP contribution is 2.12. The van der Waals surface area contributed by atoms with E-state index in [2.05, 4.69) is 15.6 Å². The molecule has 0 aliphatic carbocycles. The molecule has 0 amide bonds. The third-order valence-electron chi connectivity index (χ3n) is 3.10. The molecule has 0 bridgehead atoms. The summed E-state index contributed by atoms with van der Waals surface area (Å²) in [4.78, 5) is 15.2. The van der Waals surface area contributed by atoms with Crippen LogP contribution in [0.1, 0.15) is 35.8 Å². The molecule has 2 N–H and O–H groups in total. The zero-order valence-corrected chi connectivity index (χ0v) is 12.8. The van der Waals surface area contributed by atoms with Crippen molar-refractivity contribution in [3.63, 3.8) is 0 Å². The van der Waals surface area contributed by atoms with Crippen LogP contribution >= 0.6 is 12.2 Å². The topological polar surface area (TPSA) is 54.0 Å². The van der Waals surface area contributed by atoms with Crippen molar-refractivity contribution < 1.29 is 4.79 Å². The largest absolute Gasteiger partial charge is 0.356 e. The van der Waals surface area contributed by atoms with Crippen LogP contribution in [-0.4, -0.2) is 15.9 Å². The number of thiocarbonyl (C=S) groups is 1. The van der Waals surface area contributed by atoms with E-state index < -0.39 is 0 Å². The predicted molar refractivity (Wildman–Crippen MR) is 88.5 cm³/mol. The molecule has 0 aliphatic heterocycles. The van der Waals surface area contributed by atoms with Gasteiger partial charge in [0.25, 0.3) is 0 Å². The van der Waals surface area contributed by atoms with Crippen LogP contribution in [0.25, 0.3) is 0 Å². The van der Waals surface area contributed by atoms with Crippen LogP contribution in [-0.2, 0) is 0 Å². The van der Waals surface area contributed by atoms with Crippen LogP contribution in [0.2, 0.25) is 0 Å². The molecular formula is C16H17N3OS. The lowest BCUT2D eigenvalue weighted by molar-refractivity contribution is 0.101. The number of rotatable bonds is 4. The number of nitrogens with one attached hydrogen (secondary N) is 2. The second-order valence-corrected chi connectivity index (χ2v) is 5.14. The number of nitrogens with zero attached hydrogens (tertiary/aromatic N) is 1. The molecule has 0 saturated heterocycles. The summed E-state index contributed by atoms with van der Waals surface area (Å²) in [6.07, 6.45) is 3.51. The van der Waals surface area contributed by atoms with Crippen molar-refractivity contribution >= 4 is 28.8 Å². The Labute approximate surface area is 129 Å². The molecule has 4 nitrogen and oxygen atoms in total. The minimum atomic E-state index is 0.0496. The molecule has 1 unspecified atom stereocenters. The fraction of sp³-hybridized carbons (Fsp3) is 0.188. The first-order chi connectivity index (χ1) is 10.1. The van der Waals surface area contributed by atoms with Gasteiger partial charge in [-0.15, -0.1) is 0 Å². The van der Waals surface area contributed by atoms with Gasteiger partial charge >= 0.3 is 0 Å². The van der Waals surface area contributed by atoms with Gasteiger partial charge in [0.15, 0.2) is 10.9 Å². The van der Waals surface area contributed by atoms with Crippen molar-refractivity contribution in [3.05, 3.63) is 59.9 Å². The van der Waals surface area contributed by atoms with E-state index in [1.807, 2.05) is 31.2 Å². The fourth-order valence-corrected chi connectivity index (χ4v) is 2.18. The highest BCUT2D eigenvalue weighted by Gasteiger charge is 2.07. The molecule has 0 saturated carbocycles. The van der Waals surface area contributed by atoms with E-state index in [9.17, 15) is 4.79 Å². The molecule has 108 valence electrons. The minimum Gasteiger partial charge on any atom is -0.356 e. The Kier molecular flexibility index (Phi) is 5.00. The number of aromatic nitrogens is 1. The van der Waals surface area contributed by atoms with Gasteiger partial charge in [0.05, 0.1) is 6.04 Å². The monoisotopic (exact) mass is 299 g/mol. The molecule has 0 radical (unpaired) electrons. The smallest absolute Gasteiger partial charge is 0.171 e. The van der Waals surface area contributed by atoms with Crippen molar-refractivity contribution in [1.82, 2.24) is 10.3 Å². The van der Waals surface area contributed by atoms with E-state index in [1.165, 1.54) is 0 Å². The van der Waals surface area contributed by atoms with E-state index in [4.69, 9.17) is 12.2 Å². The highest BCUT2D eigenvalue weighted by molar-refractivity contribution is 7.80. The van der Waals surface area contributed by atoms with Gasteiger partial charge in [0.2, 0.25) is 0 Å². The molecule has 0 aliphatic rings. The number of carbonyl (C=O) groups is 1. The lowest BCUT2D eigenvalue weighted by Gasteiger charge is -2.17. The van der Waals surface area contributed by atoms with Crippen LogP contribution in [0, 0.1) is 0 Å². The molecule has 5 heteroatoms. The van der Waals surface area contributed by atoms with Gasteiger partial charge in [-0.3, -0.25) is 9.78 Å². The summed E-state index contributed by atoms with van der Waals surface area (Å²) in [5.41, 5.74) is 2.64. The van der Waals surface area contributed by atoms with E-state index in [1.54, 1.807) is 31.5 Å². The Hall–Kier alpha value is -2.27. The van der Waals surface area contributed by atoms with Crippen LogP contribution in [0.15, 0.2) is 48.8 Å². The molecule has 0 fully saturated rings. The van der Waals surface area contributed by atoms with E-state index in [0.717, 1.165) is 11.3 Å². The molecule has 2 rings (SSSR count). The van der Waals surface area contributed by atoms with Gasteiger partial charge in [0.1, 0.15) is 0 Å². The molecule has 1 heterocycles. The van der Waals surface area contributed by atoms with Crippen molar-refractivity contribution in [3.8, 4) is 0 Å². The summed E-state index contributed by atoms with van der Waals surface area (Å²) in [5.74, 6) is 0.0496. The zero-order chi connectivity index (χ0) is 15.2. The maximum absolute atomic E-state index is 11.2. The lowest BCUT2D eigenvalue weighted by Crippen LogP contribution is -2.30. The summed E-state index contributed by atoms with van der Waals surface area (Å²) in [5, 5.41) is 6.85. The zero-order valence-electron chi connectivity index (χ0n) is 12.0. The second kappa shape index (κ2) is 6.95. The number of benzene rings is 1. The molecule has 1 atom stereocenters. The maximum atomic E-state index is 11.2. The van der Waals surface area contributed by atoms with E-state index >= 15 is 0 Å². The van der Waals surface area contributed by atoms with Crippen molar-refractivity contribution in [2.45, 2.75) is 19.9 Å². The number of ketones is 1. The van der Waals surface area contributed by atoms with Gasteiger partial charge in [-0.25, -0.2) is 0 Å². The average molecular weight is 299 g/mol. The maximum Gasteiger partial charge on any atom is 0.171 e. The number of anilines is 1. The van der Waals surface area contributed by atoms with Crippen LogP contribution < -0.4 is 10.6 Å². The molecular weight excluding hydrogens is 282 g/mol. The predicted octanol–water partition coefficient (Wildman–Crippen LogP) is 3.33. The Morgan fingerprint density at radius 2 is 1.76 bits per heavy atom. The first kappa shape index (κ1) is 15.1. The van der Waals surface area contributed by atoms with Crippen LogP contribution in [0.3, 0.4) is 0 Å². The molecule has 1 aromatic carbocycles. The first-order valence-corrected chi connectivity index (χ1v) is 7.05.